The van der Waals surface area contributed by atoms with E-state index in [9.17, 15) is 9.90 Å². The molecule has 1 aromatic carbocycles. The molecule has 0 aliphatic carbocycles. The molecule has 0 aliphatic heterocycles. The molecule has 0 aliphatic rings. The van der Waals surface area contributed by atoms with Crippen LogP contribution in [0.1, 0.15) is 15.9 Å². The number of hydrogen-bond acceptors (Lipinski definition) is 2. The molecular weight excluding hydrogens is 409 g/mol. The number of aliphatic hydroxyl groups is 1. The average Bonchev–Trinajstić information content (AvgIpc) is 2.26. The Morgan fingerprint density at radius 2 is 1.78 bits per heavy atom. The van der Waals surface area contributed by atoms with Gasteiger partial charge in [0.2, 0.25) is 0 Å². The van der Waals surface area contributed by atoms with Gasteiger partial charge in [0.15, 0.2) is 11.9 Å². The van der Waals surface area contributed by atoms with Crippen LogP contribution in [0.15, 0.2) is 24.3 Å². The molecule has 0 spiro atoms. The van der Waals surface area contributed by atoms with Crippen LogP contribution in [0.25, 0.3) is 0 Å². The third kappa shape index (κ3) is 5.77. The number of carbonyl (C=O) groups is 1. The molecule has 0 radical (unpaired) electrons. The van der Waals surface area contributed by atoms with Crippen LogP contribution in [-0.2, 0) is 5.33 Å². The third-order valence-corrected chi connectivity index (χ3v) is 3.06. The Labute approximate surface area is 134 Å². The van der Waals surface area contributed by atoms with Gasteiger partial charge in [-0.2, -0.15) is 0 Å². The monoisotopic (exact) mass is 427 g/mol. The molecule has 0 bridgehead atoms. The third-order valence-electron chi connectivity index (χ3n) is 2.42. The molecule has 1 aromatic rings. The number of aliphatic hydroxyl groups excluding tert-OH is 1. The highest BCUT2D eigenvalue weighted by Crippen LogP contribution is 2.11. The van der Waals surface area contributed by atoms with E-state index in [4.69, 9.17) is 0 Å². The van der Waals surface area contributed by atoms with E-state index >= 15 is 0 Å². The van der Waals surface area contributed by atoms with E-state index in [2.05, 4.69) is 15.9 Å². The summed E-state index contributed by atoms with van der Waals surface area (Å²) in [7, 11) is 5.85. The van der Waals surface area contributed by atoms with Gasteiger partial charge in [-0.1, -0.05) is 40.2 Å². The van der Waals surface area contributed by atoms with E-state index in [0.717, 1.165) is 10.9 Å². The summed E-state index contributed by atoms with van der Waals surface area (Å²) >= 11 is 3.35. The number of halogens is 2. The van der Waals surface area contributed by atoms with Crippen LogP contribution in [0, 0.1) is 0 Å². The fourth-order valence-electron chi connectivity index (χ4n) is 1.55. The van der Waals surface area contributed by atoms with Gasteiger partial charge in [0.1, 0.15) is 6.54 Å². The summed E-state index contributed by atoms with van der Waals surface area (Å²) in [5.74, 6) is -0.209. The Kier molecular flexibility index (Phi) is 7.58. The van der Waals surface area contributed by atoms with Crippen molar-refractivity contribution in [2.24, 2.45) is 0 Å². The molecule has 0 amide bonds. The molecule has 1 atom stereocenters. The van der Waals surface area contributed by atoms with Gasteiger partial charge in [-0.3, -0.25) is 4.79 Å². The van der Waals surface area contributed by atoms with Crippen molar-refractivity contribution in [3.63, 3.8) is 0 Å². The zero-order valence-electron chi connectivity index (χ0n) is 10.9. The maximum Gasteiger partial charge on any atom is 0.197 e. The van der Waals surface area contributed by atoms with E-state index in [1.165, 1.54) is 0 Å². The van der Waals surface area contributed by atoms with Crippen LogP contribution >= 0.6 is 15.9 Å². The molecule has 1 rings (SSSR count). The standard InChI is InChI=1S/C13H19BrNO2.HI/c1-15(2,3)9-12(16)13(17)11-6-4-10(8-14)5-7-11;/h4-7,12,16H,8-9H2,1-3H3;1H/q+1;/p-1. The summed E-state index contributed by atoms with van der Waals surface area (Å²) in [5, 5.41) is 10.6. The zero-order valence-corrected chi connectivity index (χ0v) is 14.6. The number of likely N-dealkylation sites (N-methyl/N-ethyl adjacent to an activating group) is 1. The number of hydrogen-bond donors (Lipinski definition) is 1. The SMILES string of the molecule is C[N+](C)(C)CC(O)C(=O)c1ccc(CBr)cc1.[I-]. The molecule has 102 valence electrons. The van der Waals surface area contributed by atoms with Gasteiger partial charge in [0, 0.05) is 10.9 Å². The minimum atomic E-state index is -0.940. The molecule has 3 nitrogen and oxygen atoms in total. The number of ketones is 1. The Balaban J connectivity index is 0.00000289. The first-order valence-corrected chi connectivity index (χ1v) is 6.63. The molecule has 18 heavy (non-hydrogen) atoms. The predicted molar refractivity (Wildman–Crippen MR) is 72.3 cm³/mol. The highest BCUT2D eigenvalue weighted by molar-refractivity contribution is 9.08. The van der Waals surface area contributed by atoms with Crippen molar-refractivity contribution in [2.75, 3.05) is 27.7 Å². The average molecular weight is 428 g/mol. The van der Waals surface area contributed by atoms with Crippen LogP contribution in [-0.4, -0.2) is 49.2 Å². The summed E-state index contributed by atoms with van der Waals surface area (Å²) in [6, 6.07) is 7.30. The number of alkyl halides is 1. The van der Waals surface area contributed by atoms with Gasteiger partial charge < -0.3 is 33.6 Å². The van der Waals surface area contributed by atoms with E-state index in [-0.39, 0.29) is 29.8 Å². The second-order valence-corrected chi connectivity index (χ2v) is 5.74. The summed E-state index contributed by atoms with van der Waals surface area (Å²) in [6.45, 7) is 0.416. The Bertz CT molecular complexity index is 387. The van der Waals surface area contributed by atoms with Crippen molar-refractivity contribution in [1.29, 1.82) is 0 Å². The van der Waals surface area contributed by atoms with Crippen molar-refractivity contribution >= 4 is 21.7 Å². The fraction of sp³-hybridized carbons (Fsp3) is 0.462. The second kappa shape index (κ2) is 7.57. The molecule has 1 N–H and O–H groups in total. The number of rotatable bonds is 5. The van der Waals surface area contributed by atoms with Gasteiger partial charge in [-0.15, -0.1) is 0 Å². The quantitative estimate of drug-likeness (QED) is 0.278. The molecule has 0 saturated carbocycles. The van der Waals surface area contributed by atoms with E-state index in [1.54, 1.807) is 12.1 Å². The molecular formula is C13H19BrINO2. The van der Waals surface area contributed by atoms with Crippen LogP contribution in [0.5, 0.6) is 0 Å². The normalized spacial score (nSPS) is 12.7. The summed E-state index contributed by atoms with van der Waals surface area (Å²) in [4.78, 5) is 12.0. The van der Waals surface area contributed by atoms with Crippen molar-refractivity contribution < 1.29 is 38.4 Å². The number of Topliss-reactive ketones (excluding diaryl/α,β-unsaturated/α-hetero) is 1. The van der Waals surface area contributed by atoms with Crippen LogP contribution in [0.2, 0.25) is 0 Å². The number of quaternary nitrogens is 1. The maximum atomic E-state index is 12.0. The number of benzene rings is 1. The highest BCUT2D eigenvalue weighted by atomic mass is 127. The smallest absolute Gasteiger partial charge is 0.197 e. The van der Waals surface area contributed by atoms with Gasteiger partial charge >= 0.3 is 0 Å². The summed E-state index contributed by atoms with van der Waals surface area (Å²) in [5.41, 5.74) is 1.68. The van der Waals surface area contributed by atoms with Crippen LogP contribution in [0.3, 0.4) is 0 Å². The van der Waals surface area contributed by atoms with Gasteiger partial charge in [0.05, 0.1) is 21.1 Å². The molecule has 0 aromatic heterocycles. The molecule has 5 heteroatoms. The van der Waals surface area contributed by atoms with Gasteiger partial charge in [-0.25, -0.2) is 0 Å². The lowest BCUT2D eigenvalue weighted by Gasteiger charge is -2.26. The number of nitrogens with zero attached hydrogens (tertiary/aromatic N) is 1. The van der Waals surface area contributed by atoms with E-state index in [1.807, 2.05) is 33.3 Å². The lowest BCUT2D eigenvalue weighted by Crippen LogP contribution is -3.00. The minimum Gasteiger partial charge on any atom is -1.00 e. The predicted octanol–water partition coefficient (Wildman–Crippen LogP) is -1.16. The van der Waals surface area contributed by atoms with E-state index in [0.29, 0.717) is 16.6 Å². The van der Waals surface area contributed by atoms with Gasteiger partial charge in [0.25, 0.3) is 0 Å². The molecule has 0 fully saturated rings. The molecule has 0 heterocycles. The Morgan fingerprint density at radius 1 is 1.28 bits per heavy atom. The largest absolute Gasteiger partial charge is 1.00 e. The first-order valence-electron chi connectivity index (χ1n) is 5.51. The summed E-state index contributed by atoms with van der Waals surface area (Å²) < 4.78 is 0.562. The summed E-state index contributed by atoms with van der Waals surface area (Å²) in [6.07, 6.45) is -0.940. The first-order chi connectivity index (χ1) is 7.83. The molecule has 1 unspecified atom stereocenters. The van der Waals surface area contributed by atoms with Crippen molar-refractivity contribution in [1.82, 2.24) is 0 Å². The topological polar surface area (TPSA) is 37.3 Å². The Hall–Kier alpha value is 0.0200. The zero-order chi connectivity index (χ0) is 13.1. The van der Waals surface area contributed by atoms with Crippen molar-refractivity contribution in [2.45, 2.75) is 11.4 Å². The maximum absolute atomic E-state index is 12.0. The van der Waals surface area contributed by atoms with Crippen molar-refractivity contribution in [3.05, 3.63) is 35.4 Å². The van der Waals surface area contributed by atoms with Crippen molar-refractivity contribution in [3.8, 4) is 0 Å². The minimum absolute atomic E-state index is 0. The molecule has 0 saturated heterocycles. The van der Waals surface area contributed by atoms with Gasteiger partial charge in [-0.05, 0) is 5.56 Å². The first kappa shape index (κ1) is 18.0. The van der Waals surface area contributed by atoms with Crippen LogP contribution in [0.4, 0.5) is 0 Å². The second-order valence-electron chi connectivity index (χ2n) is 5.18. The van der Waals surface area contributed by atoms with E-state index < -0.39 is 6.10 Å². The highest BCUT2D eigenvalue weighted by Gasteiger charge is 2.23. The number of carbonyl (C=O) groups excluding carboxylic acids is 1. The Morgan fingerprint density at radius 3 is 2.17 bits per heavy atom. The van der Waals surface area contributed by atoms with Crippen LogP contribution < -0.4 is 24.0 Å². The lowest BCUT2D eigenvalue weighted by molar-refractivity contribution is -0.872. The fourth-order valence-corrected chi connectivity index (χ4v) is 1.93. The lowest BCUT2D eigenvalue weighted by atomic mass is 10.0.